The summed E-state index contributed by atoms with van der Waals surface area (Å²) in [5.74, 6) is 0.568. The van der Waals surface area contributed by atoms with Gasteiger partial charge in [-0.2, -0.15) is 0 Å². The summed E-state index contributed by atoms with van der Waals surface area (Å²) in [6.07, 6.45) is 5.25. The zero-order valence-electron chi connectivity index (χ0n) is 19.8. The summed E-state index contributed by atoms with van der Waals surface area (Å²) in [6.45, 7) is 9.43. The summed E-state index contributed by atoms with van der Waals surface area (Å²) in [7, 11) is 3.43. The number of carbonyl (C=O) groups is 2. The SMILES string of the molecule is CC(CCCC1CCN(C(=O)OC(C)(C)C)CC1)Nc1ccc(C(=O)N(C)C)c(Cl)c1. The first-order chi connectivity index (χ1) is 14.5. The lowest BCUT2D eigenvalue weighted by atomic mass is 9.91. The molecular formula is C24H38ClN3O3. The van der Waals surface area contributed by atoms with Crippen LogP contribution in [0, 0.1) is 5.92 Å². The van der Waals surface area contributed by atoms with Gasteiger partial charge in [0, 0.05) is 38.9 Å². The van der Waals surface area contributed by atoms with E-state index in [0.717, 1.165) is 44.5 Å². The lowest BCUT2D eigenvalue weighted by Gasteiger charge is -2.33. The van der Waals surface area contributed by atoms with E-state index in [0.29, 0.717) is 22.5 Å². The van der Waals surface area contributed by atoms with E-state index in [1.807, 2.05) is 37.8 Å². The van der Waals surface area contributed by atoms with Crippen LogP contribution in [0.2, 0.25) is 5.02 Å². The summed E-state index contributed by atoms with van der Waals surface area (Å²) in [5, 5.41) is 3.95. The molecular weight excluding hydrogens is 414 g/mol. The molecule has 2 rings (SSSR count). The summed E-state index contributed by atoms with van der Waals surface area (Å²) in [5.41, 5.74) is 1.00. The summed E-state index contributed by atoms with van der Waals surface area (Å²) < 4.78 is 5.47. The zero-order valence-corrected chi connectivity index (χ0v) is 20.6. The molecule has 1 aliphatic rings. The molecule has 0 aromatic heterocycles. The number of hydrogen-bond donors (Lipinski definition) is 1. The van der Waals surface area contributed by atoms with Crippen LogP contribution in [0.5, 0.6) is 0 Å². The third kappa shape index (κ3) is 8.24. The highest BCUT2D eigenvalue weighted by Crippen LogP contribution is 2.26. The molecule has 0 aliphatic carbocycles. The fraction of sp³-hybridized carbons (Fsp3) is 0.667. The number of hydrogen-bond acceptors (Lipinski definition) is 4. The van der Waals surface area contributed by atoms with E-state index < -0.39 is 5.60 Å². The van der Waals surface area contributed by atoms with Crippen LogP contribution in [0.15, 0.2) is 18.2 Å². The van der Waals surface area contributed by atoms with Gasteiger partial charge in [0.15, 0.2) is 0 Å². The molecule has 0 saturated carbocycles. The van der Waals surface area contributed by atoms with Crippen molar-refractivity contribution in [3.8, 4) is 0 Å². The topological polar surface area (TPSA) is 61.9 Å². The van der Waals surface area contributed by atoms with E-state index in [9.17, 15) is 9.59 Å². The Balaban J connectivity index is 1.71. The number of likely N-dealkylation sites (tertiary alicyclic amines) is 1. The summed E-state index contributed by atoms with van der Waals surface area (Å²) in [6, 6.07) is 5.82. The molecule has 0 radical (unpaired) electrons. The lowest BCUT2D eigenvalue weighted by molar-refractivity contribution is 0.0180. The predicted molar refractivity (Wildman–Crippen MR) is 127 cm³/mol. The normalized spacial score (nSPS) is 16.0. The van der Waals surface area contributed by atoms with Gasteiger partial charge >= 0.3 is 6.09 Å². The number of benzene rings is 1. The molecule has 1 aromatic rings. The van der Waals surface area contributed by atoms with Gasteiger partial charge in [-0.25, -0.2) is 4.79 Å². The maximum Gasteiger partial charge on any atom is 0.410 e. The first-order valence-corrected chi connectivity index (χ1v) is 11.6. The van der Waals surface area contributed by atoms with Crippen molar-refractivity contribution >= 4 is 29.3 Å². The molecule has 0 spiro atoms. The number of ether oxygens (including phenoxy) is 1. The highest BCUT2D eigenvalue weighted by atomic mass is 35.5. The Bertz CT molecular complexity index is 753. The Kier molecular flexibility index (Phi) is 9.04. The Hall–Kier alpha value is -1.95. The smallest absolute Gasteiger partial charge is 0.410 e. The third-order valence-corrected chi connectivity index (χ3v) is 5.85. The minimum absolute atomic E-state index is 0.0951. The van der Waals surface area contributed by atoms with Crippen molar-refractivity contribution in [3.63, 3.8) is 0 Å². The molecule has 7 heteroatoms. The highest BCUT2D eigenvalue weighted by Gasteiger charge is 2.26. The van der Waals surface area contributed by atoms with Crippen molar-refractivity contribution in [1.82, 2.24) is 9.80 Å². The van der Waals surface area contributed by atoms with Gasteiger partial charge < -0.3 is 19.9 Å². The Morgan fingerprint density at radius 2 is 1.90 bits per heavy atom. The van der Waals surface area contributed by atoms with Crippen LogP contribution >= 0.6 is 11.6 Å². The minimum Gasteiger partial charge on any atom is -0.444 e. The number of anilines is 1. The molecule has 1 fully saturated rings. The second-order valence-electron chi connectivity index (χ2n) is 9.78. The van der Waals surface area contributed by atoms with Gasteiger partial charge in [-0.3, -0.25) is 4.79 Å². The molecule has 1 unspecified atom stereocenters. The minimum atomic E-state index is -0.441. The van der Waals surface area contributed by atoms with E-state index in [1.165, 1.54) is 11.3 Å². The van der Waals surface area contributed by atoms with Crippen LogP contribution < -0.4 is 5.32 Å². The van der Waals surface area contributed by atoms with Crippen molar-refractivity contribution in [1.29, 1.82) is 0 Å². The first-order valence-electron chi connectivity index (χ1n) is 11.2. The number of nitrogens with zero attached hydrogens (tertiary/aromatic N) is 2. The fourth-order valence-electron chi connectivity index (χ4n) is 3.82. The maximum atomic E-state index is 12.2. The predicted octanol–water partition coefficient (Wildman–Crippen LogP) is 5.66. The highest BCUT2D eigenvalue weighted by molar-refractivity contribution is 6.34. The van der Waals surface area contributed by atoms with Crippen molar-refractivity contribution < 1.29 is 14.3 Å². The molecule has 1 saturated heterocycles. The van der Waals surface area contributed by atoms with E-state index in [4.69, 9.17) is 16.3 Å². The maximum absolute atomic E-state index is 12.2. The average Bonchev–Trinajstić information content (AvgIpc) is 2.66. The van der Waals surface area contributed by atoms with Crippen molar-refractivity contribution in [2.45, 2.75) is 71.4 Å². The van der Waals surface area contributed by atoms with Crippen LogP contribution in [0.25, 0.3) is 0 Å². The molecule has 174 valence electrons. The van der Waals surface area contributed by atoms with Crippen LogP contribution in [0.1, 0.15) is 70.2 Å². The van der Waals surface area contributed by atoms with E-state index in [2.05, 4.69) is 12.2 Å². The number of piperidine rings is 1. The van der Waals surface area contributed by atoms with Gasteiger partial charge in [0.1, 0.15) is 5.60 Å². The number of rotatable bonds is 7. The van der Waals surface area contributed by atoms with E-state index >= 15 is 0 Å². The summed E-state index contributed by atoms with van der Waals surface area (Å²) in [4.78, 5) is 27.6. The van der Waals surface area contributed by atoms with Gasteiger partial charge in [0.2, 0.25) is 0 Å². The van der Waals surface area contributed by atoms with Gasteiger partial charge in [0.25, 0.3) is 5.91 Å². The second-order valence-corrected chi connectivity index (χ2v) is 10.2. The molecule has 2 amide bonds. The van der Waals surface area contributed by atoms with Crippen LogP contribution in [0.4, 0.5) is 10.5 Å². The van der Waals surface area contributed by atoms with Gasteiger partial charge in [-0.1, -0.05) is 24.4 Å². The molecule has 1 N–H and O–H groups in total. The lowest BCUT2D eigenvalue weighted by Crippen LogP contribution is -2.41. The molecule has 0 bridgehead atoms. The molecule has 1 atom stereocenters. The Morgan fingerprint density at radius 1 is 1.26 bits per heavy atom. The monoisotopic (exact) mass is 451 g/mol. The zero-order chi connectivity index (χ0) is 23.2. The Labute approximate surface area is 192 Å². The van der Waals surface area contributed by atoms with Crippen molar-refractivity contribution in [2.75, 3.05) is 32.5 Å². The molecule has 31 heavy (non-hydrogen) atoms. The van der Waals surface area contributed by atoms with Crippen molar-refractivity contribution in [3.05, 3.63) is 28.8 Å². The van der Waals surface area contributed by atoms with Crippen LogP contribution in [-0.2, 0) is 4.74 Å². The average molecular weight is 452 g/mol. The quantitative estimate of drug-likeness (QED) is 0.581. The standard InChI is InChI=1S/C24H38ClN3O3/c1-17(26-19-10-11-20(21(25)16-19)22(29)27(5)6)8-7-9-18-12-14-28(15-13-18)23(30)31-24(2,3)4/h10-11,16-18,26H,7-9,12-15H2,1-6H3. The van der Waals surface area contributed by atoms with Crippen LogP contribution in [-0.4, -0.2) is 60.6 Å². The summed E-state index contributed by atoms with van der Waals surface area (Å²) >= 11 is 6.30. The molecule has 1 aliphatic heterocycles. The van der Waals surface area contributed by atoms with Crippen LogP contribution in [0.3, 0.4) is 0 Å². The number of amides is 2. The molecule has 1 heterocycles. The number of carbonyl (C=O) groups excluding carboxylic acids is 2. The van der Waals surface area contributed by atoms with Gasteiger partial charge in [-0.15, -0.1) is 0 Å². The molecule has 6 nitrogen and oxygen atoms in total. The number of halogens is 1. The second kappa shape index (κ2) is 11.1. The largest absolute Gasteiger partial charge is 0.444 e. The first kappa shape index (κ1) is 25.3. The van der Waals surface area contributed by atoms with Gasteiger partial charge in [-0.05, 0) is 71.1 Å². The number of nitrogens with one attached hydrogen (secondary N) is 1. The van der Waals surface area contributed by atoms with Gasteiger partial charge in [0.05, 0.1) is 10.6 Å². The van der Waals surface area contributed by atoms with E-state index in [-0.39, 0.29) is 12.0 Å². The third-order valence-electron chi connectivity index (χ3n) is 5.53. The fourth-order valence-corrected chi connectivity index (χ4v) is 4.08. The van der Waals surface area contributed by atoms with Crippen molar-refractivity contribution in [2.24, 2.45) is 5.92 Å². The molecule has 1 aromatic carbocycles. The van der Waals surface area contributed by atoms with E-state index in [1.54, 1.807) is 20.2 Å². The Morgan fingerprint density at radius 3 is 2.45 bits per heavy atom.